The Kier molecular flexibility index (Phi) is 8.94. The monoisotopic (exact) mass is 532 g/mol. The van der Waals surface area contributed by atoms with Crippen LogP contribution in [0.1, 0.15) is 53.9 Å². The molecule has 4 atom stereocenters. The van der Waals surface area contributed by atoms with Crippen molar-refractivity contribution in [1.29, 1.82) is 0 Å². The fourth-order valence-corrected chi connectivity index (χ4v) is 10.5. The third kappa shape index (κ3) is 5.81. The van der Waals surface area contributed by atoms with Gasteiger partial charge in [-0.05, 0) is 46.5 Å². The quantitative estimate of drug-likeness (QED) is 0.335. The Balaban J connectivity index is 1.57. The highest BCUT2D eigenvalue weighted by molar-refractivity contribution is 6.99. The molecule has 1 heterocycles. The number of rotatable bonds is 7. The molecule has 1 aliphatic carbocycles. The molecular weight excluding hydrogens is 488 g/mol. The van der Waals surface area contributed by atoms with Gasteiger partial charge in [0.05, 0.1) is 20.3 Å². The van der Waals surface area contributed by atoms with E-state index in [1.54, 1.807) is 14.2 Å². The molecule has 0 N–H and O–H groups in total. The highest BCUT2D eigenvalue weighted by Crippen LogP contribution is 2.39. The Hall–Kier alpha value is -2.70. The number of hydrogen-bond acceptors (Lipinski definition) is 5. The topological polar surface area (TPSA) is 52.4 Å². The molecule has 2 aromatic carbocycles. The van der Waals surface area contributed by atoms with Crippen LogP contribution < -0.4 is 10.4 Å². The van der Waals surface area contributed by atoms with Crippen LogP contribution >= 0.6 is 0 Å². The van der Waals surface area contributed by atoms with E-state index in [1.165, 1.54) is 10.4 Å². The average molecular weight is 533 g/mol. The molecule has 5 nitrogen and oxygen atoms in total. The van der Waals surface area contributed by atoms with Gasteiger partial charge in [0.25, 0.3) is 8.32 Å². The largest absolute Gasteiger partial charge is 0.483 e. The van der Waals surface area contributed by atoms with Gasteiger partial charge in [-0.15, -0.1) is 0 Å². The maximum absolute atomic E-state index is 7.33. The van der Waals surface area contributed by atoms with Gasteiger partial charge in [0, 0.05) is 0 Å². The second-order valence-corrected chi connectivity index (χ2v) is 16.1. The lowest BCUT2D eigenvalue weighted by atomic mass is 9.88. The van der Waals surface area contributed by atoms with Crippen molar-refractivity contribution in [3.8, 4) is 0 Å². The van der Waals surface area contributed by atoms with Crippen LogP contribution in [-0.2, 0) is 13.9 Å². The van der Waals surface area contributed by atoms with Crippen LogP contribution in [-0.4, -0.2) is 52.5 Å². The highest BCUT2D eigenvalue weighted by Gasteiger charge is 2.51. The van der Waals surface area contributed by atoms with E-state index in [0.29, 0.717) is 23.6 Å². The highest BCUT2D eigenvalue weighted by atomic mass is 28.4. The number of nitrogens with zero attached hydrogens (tertiary/aromatic N) is 2. The summed E-state index contributed by atoms with van der Waals surface area (Å²) in [5, 5.41) is 2.60. The van der Waals surface area contributed by atoms with Gasteiger partial charge in [-0.3, -0.25) is 0 Å². The molecule has 0 fully saturated rings. The third-order valence-corrected chi connectivity index (χ3v) is 12.9. The summed E-state index contributed by atoms with van der Waals surface area (Å²) < 4.78 is 18.6. The minimum atomic E-state index is -2.58. The predicted molar refractivity (Wildman–Crippen MR) is 160 cm³/mol. The number of allylic oxidation sites excluding steroid dienone is 1. The number of aliphatic imine (C=N–C) groups is 2. The van der Waals surface area contributed by atoms with Crippen molar-refractivity contribution in [2.24, 2.45) is 21.8 Å². The Morgan fingerprint density at radius 1 is 0.816 bits per heavy atom. The van der Waals surface area contributed by atoms with E-state index in [9.17, 15) is 0 Å². The summed E-state index contributed by atoms with van der Waals surface area (Å²) in [6, 6.07) is 21.5. The maximum atomic E-state index is 7.33. The molecule has 0 saturated carbocycles. The summed E-state index contributed by atoms with van der Waals surface area (Å²) in [6.45, 7) is 11.3. The summed E-state index contributed by atoms with van der Waals surface area (Å²) in [5.41, 5.74) is 0. The fourth-order valence-electron chi connectivity index (χ4n) is 5.87. The molecule has 0 saturated heterocycles. The van der Waals surface area contributed by atoms with Crippen molar-refractivity contribution in [1.82, 2.24) is 0 Å². The lowest BCUT2D eigenvalue weighted by Crippen LogP contribution is -2.67. The van der Waals surface area contributed by atoms with Crippen LogP contribution in [0.4, 0.5) is 0 Å². The second-order valence-electron chi connectivity index (χ2n) is 11.8. The van der Waals surface area contributed by atoms with Crippen molar-refractivity contribution in [3.63, 3.8) is 0 Å². The molecule has 6 heteroatoms. The van der Waals surface area contributed by atoms with E-state index >= 15 is 0 Å². The Morgan fingerprint density at radius 2 is 1.39 bits per heavy atom. The lowest BCUT2D eigenvalue weighted by Gasteiger charge is -2.45. The third-order valence-electron chi connectivity index (χ3n) is 7.83. The Labute approximate surface area is 230 Å². The predicted octanol–water partition coefficient (Wildman–Crippen LogP) is 5.78. The van der Waals surface area contributed by atoms with Crippen molar-refractivity contribution in [3.05, 3.63) is 72.8 Å². The molecule has 4 rings (SSSR count). The molecule has 0 unspecified atom stereocenters. The van der Waals surface area contributed by atoms with Crippen molar-refractivity contribution < 1.29 is 13.9 Å². The number of ether oxygens (including phenoxy) is 2. The second kappa shape index (κ2) is 12.0. The normalized spacial score (nSPS) is 24.1. The van der Waals surface area contributed by atoms with Gasteiger partial charge in [-0.2, -0.15) is 0 Å². The Morgan fingerprint density at radius 3 is 1.84 bits per heavy atom. The molecular formula is C32H44N2O3Si. The minimum absolute atomic E-state index is 0.0372. The number of hydrogen-bond donors (Lipinski definition) is 0. The van der Waals surface area contributed by atoms with Crippen molar-refractivity contribution in [2.75, 3.05) is 14.2 Å². The van der Waals surface area contributed by atoms with E-state index in [-0.39, 0.29) is 23.2 Å². The van der Waals surface area contributed by atoms with E-state index in [1.807, 2.05) is 0 Å². The zero-order valence-electron chi connectivity index (χ0n) is 24.1. The lowest BCUT2D eigenvalue weighted by molar-refractivity contribution is 0.203. The Bertz CT molecular complexity index is 1100. The molecule has 0 bridgehead atoms. The molecule has 204 valence electrons. The summed E-state index contributed by atoms with van der Waals surface area (Å²) >= 11 is 0. The molecule has 38 heavy (non-hydrogen) atoms. The van der Waals surface area contributed by atoms with Crippen LogP contribution in [0.3, 0.4) is 0 Å². The first-order valence-electron chi connectivity index (χ1n) is 13.9. The van der Waals surface area contributed by atoms with Gasteiger partial charge >= 0.3 is 0 Å². The van der Waals surface area contributed by atoms with Crippen LogP contribution in [0.25, 0.3) is 0 Å². The smallest absolute Gasteiger partial charge is 0.261 e. The summed E-state index contributed by atoms with van der Waals surface area (Å²) in [4.78, 5) is 9.77. The average Bonchev–Trinajstić information content (AvgIpc) is 2.92. The van der Waals surface area contributed by atoms with E-state index < -0.39 is 8.32 Å². The first-order valence-corrected chi connectivity index (χ1v) is 15.8. The number of benzene rings is 2. The zero-order chi connectivity index (χ0) is 27.3. The molecule has 0 amide bonds. The van der Waals surface area contributed by atoms with Crippen molar-refractivity contribution in [2.45, 2.75) is 77.1 Å². The number of methoxy groups -OCH3 is 2. The summed E-state index contributed by atoms with van der Waals surface area (Å²) in [5.74, 6) is 2.10. The molecule has 0 aromatic heterocycles. The van der Waals surface area contributed by atoms with Crippen LogP contribution in [0, 0.1) is 11.8 Å². The maximum Gasteiger partial charge on any atom is 0.261 e. The van der Waals surface area contributed by atoms with Gasteiger partial charge in [0.15, 0.2) is 0 Å². The van der Waals surface area contributed by atoms with Crippen molar-refractivity contribution >= 4 is 30.5 Å². The zero-order valence-corrected chi connectivity index (χ0v) is 25.1. The van der Waals surface area contributed by atoms with E-state index in [2.05, 4.69) is 107 Å². The first kappa shape index (κ1) is 28.3. The molecule has 2 aromatic rings. The summed E-state index contributed by atoms with van der Waals surface area (Å²) in [7, 11) is 0.803. The first-order chi connectivity index (χ1) is 18.2. The molecule has 0 spiro atoms. The SMILES string of the molecule is COC1=N[C@H](C(C)C)C(OC)=N[C@H]1C[C@H]1C=C[C@@H](O[Si](c2ccccc2)(c2ccccc2)C(C)(C)C)CC1. The van der Waals surface area contributed by atoms with Gasteiger partial charge in [0.1, 0.15) is 12.1 Å². The molecule has 1 aliphatic heterocycles. The van der Waals surface area contributed by atoms with Gasteiger partial charge in [-0.25, -0.2) is 9.98 Å². The minimum Gasteiger partial charge on any atom is -0.483 e. The van der Waals surface area contributed by atoms with E-state index in [0.717, 1.165) is 19.3 Å². The molecule has 0 radical (unpaired) electrons. The molecule has 2 aliphatic rings. The van der Waals surface area contributed by atoms with Crippen LogP contribution in [0.2, 0.25) is 5.04 Å². The van der Waals surface area contributed by atoms with Gasteiger partial charge < -0.3 is 13.9 Å². The fraction of sp³-hybridized carbons (Fsp3) is 0.500. The van der Waals surface area contributed by atoms with Gasteiger partial charge in [0.2, 0.25) is 11.8 Å². The van der Waals surface area contributed by atoms with E-state index in [4.69, 9.17) is 23.9 Å². The van der Waals surface area contributed by atoms with Crippen LogP contribution in [0.5, 0.6) is 0 Å². The summed E-state index contributed by atoms with van der Waals surface area (Å²) in [6.07, 6.45) is 7.56. The van der Waals surface area contributed by atoms with Crippen LogP contribution in [0.15, 0.2) is 82.8 Å². The standard InChI is InChI=1S/C32H44N2O3Si/c1-23(2)29-31(36-7)33-28(30(34-29)35-6)22-24-18-20-25(21-19-24)37-38(32(3,4)5,26-14-10-8-11-15-26)27-16-12-9-13-17-27/h8-18,20,23-25,28-29H,19,21-22H2,1-7H3/t24-,25+,28-,29+/m0/s1. The van der Waals surface area contributed by atoms with Gasteiger partial charge in [-0.1, -0.05) is 107 Å².